The highest BCUT2D eigenvalue weighted by Gasteiger charge is 2.36. The van der Waals surface area contributed by atoms with Crippen molar-refractivity contribution in [3.05, 3.63) is 35.9 Å². The van der Waals surface area contributed by atoms with Crippen LogP contribution < -0.4 is 5.73 Å². The first-order chi connectivity index (χ1) is 9.85. The SMILES string of the molecule is Cl.NC(CCCCB(O)O)(CC(=O)c1ccccc1)C(=O)O. The molecule has 1 aromatic carbocycles. The number of ketones is 1. The summed E-state index contributed by atoms with van der Waals surface area (Å²) in [5.74, 6) is -1.54. The fourth-order valence-corrected chi connectivity index (χ4v) is 2.05. The van der Waals surface area contributed by atoms with Gasteiger partial charge in [0, 0.05) is 12.0 Å². The Hall–Kier alpha value is -1.41. The van der Waals surface area contributed by atoms with Crippen molar-refractivity contribution in [1.29, 1.82) is 0 Å². The van der Waals surface area contributed by atoms with Crippen molar-refractivity contribution in [1.82, 2.24) is 0 Å². The molecule has 1 atom stereocenters. The molecule has 0 heterocycles. The average Bonchev–Trinajstić information content (AvgIpc) is 2.44. The van der Waals surface area contributed by atoms with Crippen LogP contribution in [0.3, 0.4) is 0 Å². The van der Waals surface area contributed by atoms with Crippen LogP contribution in [0, 0.1) is 0 Å². The van der Waals surface area contributed by atoms with Crippen molar-refractivity contribution in [2.75, 3.05) is 0 Å². The molecule has 1 aromatic rings. The third-order valence-electron chi connectivity index (χ3n) is 3.33. The molecule has 1 rings (SSSR count). The quantitative estimate of drug-likeness (QED) is 0.306. The first kappa shape index (κ1) is 20.6. The molecule has 0 aromatic heterocycles. The fourth-order valence-electron chi connectivity index (χ4n) is 2.05. The van der Waals surface area contributed by atoms with Crippen LogP contribution in [0.2, 0.25) is 6.32 Å². The number of carbonyl (C=O) groups is 2. The van der Waals surface area contributed by atoms with Gasteiger partial charge >= 0.3 is 13.1 Å². The van der Waals surface area contributed by atoms with Crippen LogP contribution in [0.1, 0.15) is 36.0 Å². The maximum absolute atomic E-state index is 12.1. The summed E-state index contributed by atoms with van der Waals surface area (Å²) in [6.07, 6.45) is 0.815. The van der Waals surface area contributed by atoms with E-state index < -0.39 is 18.6 Å². The Morgan fingerprint density at radius 1 is 1.14 bits per heavy atom. The van der Waals surface area contributed by atoms with E-state index in [1.165, 1.54) is 0 Å². The maximum atomic E-state index is 12.1. The molecule has 0 amide bonds. The monoisotopic (exact) mass is 329 g/mol. The Balaban J connectivity index is 0.00000441. The molecule has 0 spiro atoms. The predicted molar refractivity (Wildman–Crippen MR) is 86.0 cm³/mol. The minimum Gasteiger partial charge on any atom is -0.480 e. The summed E-state index contributed by atoms with van der Waals surface area (Å²) < 4.78 is 0. The van der Waals surface area contributed by atoms with E-state index in [2.05, 4.69) is 0 Å². The summed E-state index contributed by atoms with van der Waals surface area (Å²) in [4.78, 5) is 23.4. The maximum Gasteiger partial charge on any atom is 0.451 e. The fraction of sp³-hybridized carbons (Fsp3) is 0.429. The number of carboxylic acid groups (broad SMARTS) is 1. The van der Waals surface area contributed by atoms with Crippen molar-refractivity contribution in [3.8, 4) is 0 Å². The molecule has 0 saturated carbocycles. The topological polar surface area (TPSA) is 121 Å². The molecule has 0 aliphatic heterocycles. The summed E-state index contributed by atoms with van der Waals surface area (Å²) >= 11 is 0. The molecule has 0 fully saturated rings. The molecule has 5 N–H and O–H groups in total. The van der Waals surface area contributed by atoms with E-state index in [0.717, 1.165) is 0 Å². The summed E-state index contributed by atoms with van der Waals surface area (Å²) in [5, 5.41) is 26.7. The molecule has 0 radical (unpaired) electrons. The van der Waals surface area contributed by atoms with E-state index in [4.69, 9.17) is 15.8 Å². The van der Waals surface area contributed by atoms with Gasteiger partial charge in [-0.2, -0.15) is 0 Å². The summed E-state index contributed by atoms with van der Waals surface area (Å²) in [6, 6.07) is 8.41. The van der Waals surface area contributed by atoms with Gasteiger partial charge in [0.25, 0.3) is 0 Å². The Labute approximate surface area is 135 Å². The van der Waals surface area contributed by atoms with Crippen LogP contribution in [-0.2, 0) is 4.79 Å². The average molecular weight is 330 g/mol. The molecule has 22 heavy (non-hydrogen) atoms. The highest BCUT2D eigenvalue weighted by molar-refractivity contribution is 6.40. The number of Topliss-reactive ketones (excluding diaryl/α,β-unsaturated/α-hetero) is 1. The number of halogens is 1. The highest BCUT2D eigenvalue weighted by Crippen LogP contribution is 2.20. The molecular formula is C14H21BClNO5. The first-order valence-electron chi connectivity index (χ1n) is 6.82. The molecular weight excluding hydrogens is 308 g/mol. The molecule has 0 aliphatic carbocycles. The molecule has 8 heteroatoms. The van der Waals surface area contributed by atoms with Gasteiger partial charge < -0.3 is 20.9 Å². The molecule has 0 aliphatic rings. The number of nitrogens with two attached hydrogens (primary N) is 1. The molecule has 6 nitrogen and oxygen atoms in total. The van der Waals surface area contributed by atoms with E-state index in [-0.39, 0.29) is 37.4 Å². The zero-order valence-electron chi connectivity index (χ0n) is 12.1. The number of benzene rings is 1. The second-order valence-corrected chi connectivity index (χ2v) is 5.15. The number of unbranched alkanes of at least 4 members (excludes halogenated alkanes) is 1. The summed E-state index contributed by atoms with van der Waals surface area (Å²) in [7, 11) is -1.41. The Bertz CT molecular complexity index is 485. The van der Waals surface area contributed by atoms with Crippen LogP contribution in [0.15, 0.2) is 30.3 Å². The van der Waals surface area contributed by atoms with Crippen molar-refractivity contribution in [2.45, 2.75) is 37.5 Å². The standard InChI is InChI=1S/C14H20BNO5.ClH/c16-14(13(18)19,8-4-5-9-15(20)21)10-12(17)11-6-2-1-3-7-11;/h1-3,6-7,20-21H,4-5,8-10,16H2,(H,18,19);1H. The zero-order valence-corrected chi connectivity index (χ0v) is 13.0. The van der Waals surface area contributed by atoms with Gasteiger partial charge in [-0.1, -0.05) is 43.2 Å². The normalized spacial score (nSPS) is 12.9. The van der Waals surface area contributed by atoms with Gasteiger partial charge in [-0.25, -0.2) is 0 Å². The lowest BCUT2D eigenvalue weighted by Gasteiger charge is -2.24. The lowest BCUT2D eigenvalue weighted by atomic mass is 9.81. The Morgan fingerprint density at radius 3 is 2.23 bits per heavy atom. The third kappa shape index (κ3) is 6.57. The summed E-state index contributed by atoms with van der Waals surface area (Å²) in [6.45, 7) is 0. The van der Waals surface area contributed by atoms with Gasteiger partial charge in [-0.15, -0.1) is 12.4 Å². The lowest BCUT2D eigenvalue weighted by molar-refractivity contribution is -0.143. The van der Waals surface area contributed by atoms with Gasteiger partial charge in [-0.3, -0.25) is 9.59 Å². The van der Waals surface area contributed by atoms with Crippen LogP contribution in [0.4, 0.5) is 0 Å². The lowest BCUT2D eigenvalue weighted by Crippen LogP contribution is -2.49. The first-order valence-corrected chi connectivity index (χ1v) is 6.82. The van der Waals surface area contributed by atoms with Crippen molar-refractivity contribution in [3.63, 3.8) is 0 Å². The van der Waals surface area contributed by atoms with E-state index in [1.807, 2.05) is 0 Å². The molecule has 122 valence electrons. The van der Waals surface area contributed by atoms with E-state index >= 15 is 0 Å². The highest BCUT2D eigenvalue weighted by atomic mass is 35.5. The van der Waals surface area contributed by atoms with Crippen LogP contribution in [-0.4, -0.2) is 39.6 Å². The number of aliphatic carboxylic acids is 1. The van der Waals surface area contributed by atoms with Gasteiger partial charge in [0.05, 0.1) is 0 Å². The molecule has 1 unspecified atom stereocenters. The number of hydrogen-bond acceptors (Lipinski definition) is 5. The van der Waals surface area contributed by atoms with E-state index in [1.54, 1.807) is 30.3 Å². The molecule has 0 bridgehead atoms. The zero-order chi connectivity index (χ0) is 15.9. The van der Waals surface area contributed by atoms with Crippen molar-refractivity contribution in [2.24, 2.45) is 5.73 Å². The smallest absolute Gasteiger partial charge is 0.451 e. The largest absolute Gasteiger partial charge is 0.480 e. The Morgan fingerprint density at radius 2 is 1.73 bits per heavy atom. The van der Waals surface area contributed by atoms with Gasteiger partial charge in [0.2, 0.25) is 0 Å². The minimum atomic E-state index is -1.63. The van der Waals surface area contributed by atoms with E-state index in [0.29, 0.717) is 18.4 Å². The predicted octanol–water partition coefficient (Wildman–Crippen LogP) is 1.11. The molecule has 0 saturated heterocycles. The van der Waals surface area contributed by atoms with Crippen LogP contribution >= 0.6 is 12.4 Å². The van der Waals surface area contributed by atoms with Gasteiger partial charge in [-0.05, 0) is 12.7 Å². The van der Waals surface area contributed by atoms with E-state index in [9.17, 15) is 14.7 Å². The van der Waals surface area contributed by atoms with Crippen molar-refractivity contribution >= 4 is 31.3 Å². The number of hydrogen-bond donors (Lipinski definition) is 4. The van der Waals surface area contributed by atoms with Gasteiger partial charge in [0.15, 0.2) is 5.78 Å². The minimum absolute atomic E-state index is 0. The number of rotatable bonds is 9. The number of carboxylic acids is 1. The van der Waals surface area contributed by atoms with Crippen LogP contribution in [0.5, 0.6) is 0 Å². The Kier molecular flexibility index (Phi) is 8.97. The third-order valence-corrected chi connectivity index (χ3v) is 3.33. The number of carbonyl (C=O) groups excluding carboxylic acids is 1. The van der Waals surface area contributed by atoms with Crippen molar-refractivity contribution < 1.29 is 24.7 Å². The summed E-state index contributed by atoms with van der Waals surface area (Å²) in [5.41, 5.74) is 4.65. The second kappa shape index (κ2) is 9.58. The van der Waals surface area contributed by atoms with Crippen LogP contribution in [0.25, 0.3) is 0 Å². The van der Waals surface area contributed by atoms with Gasteiger partial charge in [0.1, 0.15) is 5.54 Å². The second-order valence-electron chi connectivity index (χ2n) is 5.15.